The van der Waals surface area contributed by atoms with E-state index in [1.54, 1.807) is 0 Å². The molecule has 0 N–H and O–H groups in total. The van der Waals surface area contributed by atoms with Gasteiger partial charge in [0.05, 0.1) is 16.7 Å². The van der Waals surface area contributed by atoms with Gasteiger partial charge in [0.2, 0.25) is 0 Å². The van der Waals surface area contributed by atoms with E-state index in [1.165, 1.54) is 69.9 Å². The molecule has 2 aromatic heterocycles. The highest BCUT2D eigenvalue weighted by Gasteiger charge is 2.21. The molecule has 10 rings (SSSR count). The second kappa shape index (κ2) is 12.2. The maximum absolute atomic E-state index is 2.44. The number of rotatable bonds is 6. The van der Waals surface area contributed by atoms with Crippen LogP contribution < -0.4 is 4.90 Å². The lowest BCUT2D eigenvalue weighted by Gasteiger charge is -2.27. The van der Waals surface area contributed by atoms with Crippen LogP contribution in [-0.2, 0) is 0 Å². The number of fused-ring (bicyclic) bond motifs is 6. The number of aromatic nitrogens is 1. The van der Waals surface area contributed by atoms with E-state index in [2.05, 4.69) is 204 Å². The summed E-state index contributed by atoms with van der Waals surface area (Å²) >= 11 is 1.86. The van der Waals surface area contributed by atoms with Crippen LogP contribution in [0.2, 0.25) is 0 Å². The Morgan fingerprint density at radius 2 is 1.04 bits per heavy atom. The summed E-state index contributed by atoms with van der Waals surface area (Å²) in [6, 6.07) is 70.4. The number of anilines is 3. The fourth-order valence-electron chi connectivity index (χ4n) is 7.71. The monoisotopic (exact) mass is 668 g/mol. The van der Waals surface area contributed by atoms with Crippen molar-refractivity contribution in [2.45, 2.75) is 0 Å². The first-order valence-corrected chi connectivity index (χ1v) is 18.2. The second-order valence-electron chi connectivity index (χ2n) is 12.9. The van der Waals surface area contributed by atoms with Crippen molar-refractivity contribution >= 4 is 70.4 Å². The van der Waals surface area contributed by atoms with Crippen LogP contribution in [0, 0.1) is 0 Å². The molecule has 8 aromatic carbocycles. The van der Waals surface area contributed by atoms with Gasteiger partial charge in [0, 0.05) is 53.6 Å². The molecule has 0 radical (unpaired) electrons. The van der Waals surface area contributed by atoms with E-state index >= 15 is 0 Å². The summed E-state index contributed by atoms with van der Waals surface area (Å²) in [5.41, 5.74) is 11.8. The van der Waals surface area contributed by atoms with E-state index in [-0.39, 0.29) is 0 Å². The number of hydrogen-bond acceptors (Lipinski definition) is 2. The molecule has 0 unspecified atom stereocenters. The predicted octanol–water partition coefficient (Wildman–Crippen LogP) is 14.0. The fraction of sp³-hybridized carbons (Fsp3) is 0. The Morgan fingerprint density at radius 3 is 1.88 bits per heavy atom. The highest BCUT2D eigenvalue weighted by molar-refractivity contribution is 7.26. The molecule has 10 aromatic rings. The molecule has 0 atom stereocenters. The van der Waals surface area contributed by atoms with Crippen LogP contribution in [0.5, 0.6) is 0 Å². The van der Waals surface area contributed by atoms with Gasteiger partial charge in [-0.05, 0) is 77.4 Å². The van der Waals surface area contributed by atoms with Crippen molar-refractivity contribution in [1.29, 1.82) is 0 Å². The number of benzene rings is 8. The van der Waals surface area contributed by atoms with Gasteiger partial charge >= 0.3 is 0 Å². The molecule has 0 saturated heterocycles. The van der Waals surface area contributed by atoms with E-state index in [0.717, 1.165) is 17.1 Å². The summed E-state index contributed by atoms with van der Waals surface area (Å²) in [5.74, 6) is 0. The van der Waals surface area contributed by atoms with E-state index in [4.69, 9.17) is 0 Å². The van der Waals surface area contributed by atoms with Crippen molar-refractivity contribution in [2.24, 2.45) is 0 Å². The summed E-state index contributed by atoms with van der Waals surface area (Å²) in [4.78, 5) is 2.44. The highest BCUT2D eigenvalue weighted by Crippen LogP contribution is 2.46. The Morgan fingerprint density at radius 1 is 0.412 bits per heavy atom. The average molecular weight is 669 g/mol. The Kier molecular flexibility index (Phi) is 7.04. The molecule has 0 bridgehead atoms. The molecule has 0 amide bonds. The molecular weight excluding hydrogens is 637 g/mol. The van der Waals surface area contributed by atoms with Gasteiger partial charge in [-0.3, -0.25) is 0 Å². The average Bonchev–Trinajstić information content (AvgIpc) is 3.76. The molecular formula is C48H32N2S. The summed E-state index contributed by atoms with van der Waals surface area (Å²) < 4.78 is 5.01. The molecule has 0 aliphatic heterocycles. The SMILES string of the molecule is c1ccc(-c2ccc(N(c3cccc(-c4cccc5c6ccccc6n(-c6ccccc6)c45)c3)c3cccc4sc5ccccc5c34)cc2)cc1. The minimum absolute atomic E-state index is 1.11. The Hall–Kier alpha value is -6.42. The number of hydrogen-bond donors (Lipinski definition) is 0. The first kappa shape index (κ1) is 29.5. The minimum atomic E-state index is 1.11. The number of thiophene rings is 1. The van der Waals surface area contributed by atoms with Gasteiger partial charge in [0.1, 0.15) is 0 Å². The van der Waals surface area contributed by atoms with Crippen molar-refractivity contribution in [2.75, 3.05) is 4.90 Å². The molecule has 3 heteroatoms. The van der Waals surface area contributed by atoms with E-state index in [0.29, 0.717) is 0 Å². The van der Waals surface area contributed by atoms with Crippen LogP contribution >= 0.6 is 11.3 Å². The molecule has 240 valence electrons. The first-order valence-electron chi connectivity index (χ1n) is 17.4. The summed E-state index contributed by atoms with van der Waals surface area (Å²) in [6.07, 6.45) is 0. The van der Waals surface area contributed by atoms with E-state index in [9.17, 15) is 0 Å². The second-order valence-corrected chi connectivity index (χ2v) is 14.0. The Balaban J connectivity index is 1.21. The quantitative estimate of drug-likeness (QED) is 0.171. The topological polar surface area (TPSA) is 8.17 Å². The zero-order valence-corrected chi connectivity index (χ0v) is 28.6. The molecule has 0 aliphatic rings. The van der Waals surface area contributed by atoms with Crippen LogP contribution in [-0.4, -0.2) is 4.57 Å². The molecule has 0 aliphatic carbocycles. The predicted molar refractivity (Wildman–Crippen MR) is 219 cm³/mol. The summed E-state index contributed by atoms with van der Waals surface area (Å²) in [6.45, 7) is 0. The van der Waals surface area contributed by atoms with Crippen molar-refractivity contribution in [3.8, 4) is 27.9 Å². The highest BCUT2D eigenvalue weighted by atomic mass is 32.1. The molecule has 0 spiro atoms. The van der Waals surface area contributed by atoms with Crippen molar-refractivity contribution < 1.29 is 0 Å². The smallest absolute Gasteiger partial charge is 0.0619 e. The van der Waals surface area contributed by atoms with Crippen LogP contribution in [0.4, 0.5) is 17.1 Å². The van der Waals surface area contributed by atoms with Crippen molar-refractivity contribution in [3.63, 3.8) is 0 Å². The molecule has 51 heavy (non-hydrogen) atoms. The number of nitrogens with zero attached hydrogens (tertiary/aromatic N) is 2. The van der Waals surface area contributed by atoms with Crippen molar-refractivity contribution in [3.05, 3.63) is 194 Å². The van der Waals surface area contributed by atoms with Gasteiger partial charge < -0.3 is 9.47 Å². The minimum Gasteiger partial charge on any atom is -0.310 e. The maximum Gasteiger partial charge on any atom is 0.0619 e. The lowest BCUT2D eigenvalue weighted by molar-refractivity contribution is 1.18. The van der Waals surface area contributed by atoms with Gasteiger partial charge in [-0.25, -0.2) is 0 Å². The summed E-state index contributed by atoms with van der Waals surface area (Å²) in [5, 5.41) is 5.07. The summed E-state index contributed by atoms with van der Waals surface area (Å²) in [7, 11) is 0. The normalized spacial score (nSPS) is 11.5. The largest absolute Gasteiger partial charge is 0.310 e. The van der Waals surface area contributed by atoms with E-state index in [1.807, 2.05) is 11.3 Å². The molecule has 2 heterocycles. The first-order chi connectivity index (χ1) is 25.3. The standard InChI is InChI=1S/C48H32N2S/c1-3-14-33(15-4-1)34-28-30-37(31-29-34)49(44-25-13-27-46-47(44)42-21-8-10-26-45(42)51-46)38-19-11-16-35(32-38)39-22-12-23-41-40-20-7-9-24-43(40)50(48(39)41)36-17-5-2-6-18-36/h1-32H. The van der Waals surface area contributed by atoms with Gasteiger partial charge in [-0.1, -0.05) is 133 Å². The Bertz CT molecular complexity index is 2850. The van der Waals surface area contributed by atoms with Gasteiger partial charge in [-0.2, -0.15) is 0 Å². The number of para-hydroxylation sites is 3. The third kappa shape index (κ3) is 4.93. The van der Waals surface area contributed by atoms with Crippen molar-refractivity contribution in [1.82, 2.24) is 4.57 Å². The van der Waals surface area contributed by atoms with Crippen LogP contribution in [0.25, 0.3) is 69.9 Å². The third-order valence-electron chi connectivity index (χ3n) is 9.98. The van der Waals surface area contributed by atoms with Crippen LogP contribution in [0.1, 0.15) is 0 Å². The zero-order chi connectivity index (χ0) is 33.7. The molecule has 0 saturated carbocycles. The Labute approximate surface area is 300 Å². The van der Waals surface area contributed by atoms with Crippen LogP contribution in [0.15, 0.2) is 194 Å². The lowest BCUT2D eigenvalue weighted by atomic mass is 10.00. The van der Waals surface area contributed by atoms with Gasteiger partial charge in [0.15, 0.2) is 0 Å². The third-order valence-corrected chi connectivity index (χ3v) is 11.1. The maximum atomic E-state index is 2.44. The molecule has 2 nitrogen and oxygen atoms in total. The van der Waals surface area contributed by atoms with Gasteiger partial charge in [-0.15, -0.1) is 11.3 Å². The van der Waals surface area contributed by atoms with E-state index < -0.39 is 0 Å². The van der Waals surface area contributed by atoms with Crippen LogP contribution in [0.3, 0.4) is 0 Å². The lowest BCUT2D eigenvalue weighted by Crippen LogP contribution is -2.10. The van der Waals surface area contributed by atoms with Gasteiger partial charge in [0.25, 0.3) is 0 Å². The fourth-order valence-corrected chi connectivity index (χ4v) is 8.84. The zero-order valence-electron chi connectivity index (χ0n) is 27.8. The molecule has 0 fully saturated rings.